The van der Waals surface area contributed by atoms with E-state index in [0.717, 1.165) is 0 Å². The van der Waals surface area contributed by atoms with Crippen LogP contribution in [0.25, 0.3) is 0 Å². The molecule has 1 saturated carbocycles. The third-order valence-electron chi connectivity index (χ3n) is 6.00. The molecule has 2 nitrogen and oxygen atoms in total. The van der Waals surface area contributed by atoms with Crippen LogP contribution in [0.4, 0.5) is 0 Å². The van der Waals surface area contributed by atoms with Crippen LogP contribution in [0.2, 0.25) is 16.1 Å². The average Bonchev–Trinajstić information content (AvgIpc) is 2.45. The molecule has 1 N–H and O–H groups in total. The second kappa shape index (κ2) is 8.49. The molecule has 0 aliphatic heterocycles. The van der Waals surface area contributed by atoms with E-state index in [1.807, 2.05) is 0 Å². The SMILES string of the molecule is CCCC[Si](OCC(O)C1CCCCC1)(C(C)(C)C)C(C)(C)C. The highest BCUT2D eigenvalue weighted by molar-refractivity contribution is 6.79. The highest BCUT2D eigenvalue weighted by atomic mass is 28.4. The molecule has 138 valence electrons. The lowest BCUT2D eigenvalue weighted by atomic mass is 9.85. The molecule has 0 bridgehead atoms. The van der Waals surface area contributed by atoms with E-state index in [0.29, 0.717) is 12.5 Å². The number of rotatable bonds is 7. The lowest BCUT2D eigenvalue weighted by molar-refractivity contribution is 0.0331. The number of hydrogen-bond acceptors (Lipinski definition) is 2. The van der Waals surface area contributed by atoms with Crippen molar-refractivity contribution in [1.82, 2.24) is 0 Å². The second-order valence-electron chi connectivity index (χ2n) is 9.71. The van der Waals surface area contributed by atoms with Crippen LogP contribution in [0.5, 0.6) is 0 Å². The topological polar surface area (TPSA) is 29.5 Å². The smallest absolute Gasteiger partial charge is 0.203 e. The fraction of sp³-hybridized carbons (Fsp3) is 1.00. The van der Waals surface area contributed by atoms with E-state index in [1.165, 1.54) is 51.0 Å². The van der Waals surface area contributed by atoms with E-state index in [2.05, 4.69) is 48.5 Å². The zero-order valence-electron chi connectivity index (χ0n) is 16.9. The standard InChI is InChI=1S/C20H42O2Si/c1-8-9-15-23(19(2,3)4,20(5,6)7)22-16-18(21)17-13-11-10-12-14-17/h17-18,21H,8-16H2,1-7H3. The highest BCUT2D eigenvalue weighted by Crippen LogP contribution is 2.54. The molecule has 0 aromatic heterocycles. The summed E-state index contributed by atoms with van der Waals surface area (Å²) in [5.41, 5.74) is 0. The van der Waals surface area contributed by atoms with Crippen LogP contribution in [-0.4, -0.2) is 26.1 Å². The van der Waals surface area contributed by atoms with Crippen molar-refractivity contribution in [2.75, 3.05) is 6.61 Å². The van der Waals surface area contributed by atoms with Crippen LogP contribution in [-0.2, 0) is 4.43 Å². The molecule has 0 spiro atoms. The van der Waals surface area contributed by atoms with Crippen LogP contribution >= 0.6 is 0 Å². The van der Waals surface area contributed by atoms with Gasteiger partial charge in [-0.3, -0.25) is 0 Å². The van der Waals surface area contributed by atoms with Crippen molar-refractivity contribution in [2.45, 2.75) is 116 Å². The maximum absolute atomic E-state index is 10.7. The molecule has 1 fully saturated rings. The lowest BCUT2D eigenvalue weighted by Gasteiger charge is -2.51. The van der Waals surface area contributed by atoms with Crippen molar-refractivity contribution in [1.29, 1.82) is 0 Å². The summed E-state index contributed by atoms with van der Waals surface area (Å²) >= 11 is 0. The van der Waals surface area contributed by atoms with Crippen molar-refractivity contribution in [3.8, 4) is 0 Å². The molecule has 0 aromatic rings. The van der Waals surface area contributed by atoms with E-state index in [-0.39, 0.29) is 16.2 Å². The van der Waals surface area contributed by atoms with Crippen molar-refractivity contribution >= 4 is 8.32 Å². The monoisotopic (exact) mass is 342 g/mol. The molecule has 0 amide bonds. The summed E-state index contributed by atoms with van der Waals surface area (Å²) in [7, 11) is -2.01. The third kappa shape index (κ3) is 5.30. The van der Waals surface area contributed by atoms with Gasteiger partial charge >= 0.3 is 0 Å². The lowest BCUT2D eigenvalue weighted by Crippen LogP contribution is -2.55. The Hall–Kier alpha value is 0.137. The van der Waals surface area contributed by atoms with Crippen molar-refractivity contribution < 1.29 is 9.53 Å². The largest absolute Gasteiger partial charge is 0.413 e. The summed E-state index contributed by atoms with van der Waals surface area (Å²) in [4.78, 5) is 0. The molecular weight excluding hydrogens is 300 g/mol. The zero-order valence-corrected chi connectivity index (χ0v) is 17.9. The van der Waals surface area contributed by atoms with Gasteiger partial charge in [-0.25, -0.2) is 0 Å². The molecule has 0 radical (unpaired) electrons. The summed E-state index contributed by atoms with van der Waals surface area (Å²) in [6.45, 7) is 16.9. The van der Waals surface area contributed by atoms with Crippen LogP contribution < -0.4 is 0 Å². The molecule has 1 atom stereocenters. The predicted octanol–water partition coefficient (Wildman–Crippen LogP) is 6.29. The summed E-state index contributed by atoms with van der Waals surface area (Å²) in [5, 5.41) is 11.1. The number of aliphatic hydroxyl groups excluding tert-OH is 1. The van der Waals surface area contributed by atoms with Gasteiger partial charge in [0.1, 0.15) is 0 Å². The summed E-state index contributed by atoms with van der Waals surface area (Å²) in [6, 6.07) is 1.20. The minimum atomic E-state index is -2.01. The fourth-order valence-corrected chi connectivity index (χ4v) is 10.8. The van der Waals surface area contributed by atoms with Crippen molar-refractivity contribution in [3.63, 3.8) is 0 Å². The Morgan fingerprint density at radius 1 is 1.00 bits per heavy atom. The van der Waals surface area contributed by atoms with Gasteiger partial charge in [0, 0.05) is 0 Å². The van der Waals surface area contributed by atoms with Gasteiger partial charge in [0.25, 0.3) is 0 Å². The van der Waals surface area contributed by atoms with Gasteiger partial charge < -0.3 is 9.53 Å². The minimum absolute atomic E-state index is 0.187. The maximum Gasteiger partial charge on any atom is 0.203 e. The van der Waals surface area contributed by atoms with Crippen LogP contribution in [0.3, 0.4) is 0 Å². The third-order valence-corrected chi connectivity index (χ3v) is 12.6. The van der Waals surface area contributed by atoms with E-state index in [4.69, 9.17) is 4.43 Å². The van der Waals surface area contributed by atoms with Gasteiger partial charge in [-0.05, 0) is 34.9 Å². The average molecular weight is 343 g/mol. The summed E-state index contributed by atoms with van der Waals surface area (Å²) in [6.07, 6.45) is 8.43. The second-order valence-corrected chi connectivity index (χ2v) is 15.1. The molecule has 0 aromatic carbocycles. The first kappa shape index (κ1) is 21.2. The van der Waals surface area contributed by atoms with E-state index < -0.39 is 8.32 Å². The summed E-state index contributed by atoms with van der Waals surface area (Å²) in [5.74, 6) is 0.460. The first-order chi connectivity index (χ1) is 10.5. The van der Waals surface area contributed by atoms with Gasteiger partial charge in [-0.1, -0.05) is 80.6 Å². The predicted molar refractivity (Wildman–Crippen MR) is 103 cm³/mol. The van der Waals surface area contributed by atoms with Gasteiger partial charge in [-0.15, -0.1) is 0 Å². The zero-order chi connectivity index (χ0) is 17.7. The molecule has 0 saturated heterocycles. The molecule has 1 rings (SSSR count). The first-order valence-corrected chi connectivity index (χ1v) is 12.0. The first-order valence-electron chi connectivity index (χ1n) is 9.87. The number of unbranched alkanes of at least 4 members (excludes halogenated alkanes) is 1. The Balaban J connectivity index is 2.86. The fourth-order valence-electron chi connectivity index (χ4n) is 4.69. The van der Waals surface area contributed by atoms with Crippen molar-refractivity contribution in [3.05, 3.63) is 0 Å². The summed E-state index contributed by atoms with van der Waals surface area (Å²) < 4.78 is 6.76. The van der Waals surface area contributed by atoms with Crippen LogP contribution in [0.15, 0.2) is 0 Å². The Bertz CT molecular complexity index is 321. The van der Waals surface area contributed by atoms with E-state index in [1.54, 1.807) is 0 Å². The Kier molecular flexibility index (Phi) is 7.82. The molecule has 3 heteroatoms. The Morgan fingerprint density at radius 2 is 1.52 bits per heavy atom. The molecule has 1 aliphatic rings. The normalized spacial score (nSPS) is 19.8. The van der Waals surface area contributed by atoms with Gasteiger partial charge in [0.05, 0.1) is 12.7 Å². The Morgan fingerprint density at radius 3 is 1.96 bits per heavy atom. The quantitative estimate of drug-likeness (QED) is 0.551. The highest BCUT2D eigenvalue weighted by Gasteiger charge is 2.54. The van der Waals surface area contributed by atoms with Gasteiger partial charge in [0.2, 0.25) is 8.32 Å². The van der Waals surface area contributed by atoms with E-state index >= 15 is 0 Å². The number of aliphatic hydroxyl groups is 1. The van der Waals surface area contributed by atoms with Crippen LogP contribution in [0.1, 0.15) is 93.4 Å². The minimum Gasteiger partial charge on any atom is -0.413 e. The molecule has 1 unspecified atom stereocenters. The van der Waals surface area contributed by atoms with Crippen molar-refractivity contribution in [2.24, 2.45) is 5.92 Å². The molecule has 0 heterocycles. The molecular formula is C20H42O2Si. The number of hydrogen-bond donors (Lipinski definition) is 1. The maximum atomic E-state index is 10.7. The Labute approximate surface area is 146 Å². The van der Waals surface area contributed by atoms with E-state index in [9.17, 15) is 5.11 Å². The van der Waals surface area contributed by atoms with Crippen LogP contribution in [0, 0.1) is 5.92 Å². The molecule has 23 heavy (non-hydrogen) atoms. The molecule has 1 aliphatic carbocycles. The van der Waals surface area contributed by atoms with Gasteiger partial charge in [0.15, 0.2) is 0 Å². The van der Waals surface area contributed by atoms with Gasteiger partial charge in [-0.2, -0.15) is 0 Å².